The summed E-state index contributed by atoms with van der Waals surface area (Å²) in [4.78, 5) is 6.72. The number of fused-ring (bicyclic) bond motifs is 1. The third kappa shape index (κ3) is 2.47. The second-order valence-electron chi connectivity index (χ2n) is 5.36. The molecule has 4 nitrogen and oxygen atoms in total. The van der Waals surface area contributed by atoms with Crippen LogP contribution in [0.2, 0.25) is 0 Å². The van der Waals surface area contributed by atoms with Crippen molar-refractivity contribution in [1.29, 1.82) is 0 Å². The standard InChI is InChI=1S/C16H19N3O/c1-11-5-6-16(20)15(18-11)10-19-8-7-13-12(9-19)3-2-4-14(13)17/h2-6,20H,7-10,17H2,1H3. The third-order valence-corrected chi connectivity index (χ3v) is 3.84. The molecular weight excluding hydrogens is 250 g/mol. The summed E-state index contributed by atoms with van der Waals surface area (Å²) in [6.07, 6.45) is 0.953. The Kier molecular flexibility index (Phi) is 3.32. The van der Waals surface area contributed by atoms with E-state index in [-0.39, 0.29) is 5.75 Å². The topological polar surface area (TPSA) is 62.4 Å². The first-order valence-corrected chi connectivity index (χ1v) is 6.87. The summed E-state index contributed by atoms with van der Waals surface area (Å²) in [5.41, 5.74) is 11.1. The first-order chi connectivity index (χ1) is 9.63. The molecule has 1 aliphatic heterocycles. The molecule has 0 unspecified atom stereocenters. The van der Waals surface area contributed by atoms with Crippen LogP contribution in [-0.4, -0.2) is 21.5 Å². The molecule has 1 aliphatic rings. The SMILES string of the molecule is Cc1ccc(O)c(CN2CCc3c(N)cccc3C2)n1. The van der Waals surface area contributed by atoms with E-state index in [1.807, 2.05) is 25.1 Å². The van der Waals surface area contributed by atoms with E-state index >= 15 is 0 Å². The first-order valence-electron chi connectivity index (χ1n) is 6.87. The number of aromatic hydroxyl groups is 1. The van der Waals surface area contributed by atoms with Gasteiger partial charge < -0.3 is 10.8 Å². The van der Waals surface area contributed by atoms with Crippen LogP contribution in [0.5, 0.6) is 5.75 Å². The van der Waals surface area contributed by atoms with Gasteiger partial charge in [-0.3, -0.25) is 9.88 Å². The predicted molar refractivity (Wildman–Crippen MR) is 79.3 cm³/mol. The summed E-state index contributed by atoms with van der Waals surface area (Å²) in [6.45, 7) is 4.41. The van der Waals surface area contributed by atoms with Crippen molar-refractivity contribution in [1.82, 2.24) is 9.88 Å². The fourth-order valence-corrected chi connectivity index (χ4v) is 2.76. The van der Waals surface area contributed by atoms with Gasteiger partial charge in [-0.05, 0) is 42.7 Å². The van der Waals surface area contributed by atoms with Crippen LogP contribution in [0.25, 0.3) is 0 Å². The average Bonchev–Trinajstić information content (AvgIpc) is 2.43. The van der Waals surface area contributed by atoms with Gasteiger partial charge in [-0.2, -0.15) is 0 Å². The molecule has 0 atom stereocenters. The molecule has 20 heavy (non-hydrogen) atoms. The van der Waals surface area contributed by atoms with Crippen molar-refractivity contribution in [3.63, 3.8) is 0 Å². The number of hydrogen-bond acceptors (Lipinski definition) is 4. The lowest BCUT2D eigenvalue weighted by atomic mass is 9.98. The van der Waals surface area contributed by atoms with Crippen LogP contribution in [0.1, 0.15) is 22.5 Å². The van der Waals surface area contributed by atoms with Gasteiger partial charge in [0.15, 0.2) is 0 Å². The molecule has 3 rings (SSSR count). The number of benzene rings is 1. The molecular formula is C16H19N3O. The Morgan fingerprint density at radius 3 is 3.00 bits per heavy atom. The first kappa shape index (κ1) is 12.9. The van der Waals surface area contributed by atoms with Gasteiger partial charge in [-0.1, -0.05) is 12.1 Å². The van der Waals surface area contributed by atoms with E-state index in [0.29, 0.717) is 6.54 Å². The van der Waals surface area contributed by atoms with Gasteiger partial charge in [0.2, 0.25) is 0 Å². The van der Waals surface area contributed by atoms with E-state index in [2.05, 4.69) is 16.0 Å². The highest BCUT2D eigenvalue weighted by atomic mass is 16.3. The van der Waals surface area contributed by atoms with Crippen molar-refractivity contribution in [2.45, 2.75) is 26.4 Å². The second-order valence-corrected chi connectivity index (χ2v) is 5.36. The van der Waals surface area contributed by atoms with Crippen LogP contribution in [0.3, 0.4) is 0 Å². The Labute approximate surface area is 118 Å². The maximum atomic E-state index is 9.90. The Hall–Kier alpha value is -2.07. The number of nitrogens with two attached hydrogens (primary N) is 1. The number of pyridine rings is 1. The molecule has 1 aromatic heterocycles. The third-order valence-electron chi connectivity index (χ3n) is 3.84. The van der Waals surface area contributed by atoms with Crippen LogP contribution >= 0.6 is 0 Å². The Morgan fingerprint density at radius 2 is 2.15 bits per heavy atom. The number of hydrogen-bond donors (Lipinski definition) is 2. The molecule has 0 aliphatic carbocycles. The van der Waals surface area contributed by atoms with Crippen LogP contribution < -0.4 is 5.73 Å². The summed E-state index contributed by atoms with van der Waals surface area (Å²) >= 11 is 0. The maximum absolute atomic E-state index is 9.90. The second kappa shape index (κ2) is 5.13. The number of aromatic nitrogens is 1. The number of rotatable bonds is 2. The Bertz CT molecular complexity index is 640. The molecule has 0 amide bonds. The minimum Gasteiger partial charge on any atom is -0.506 e. The smallest absolute Gasteiger partial charge is 0.138 e. The molecule has 2 heterocycles. The maximum Gasteiger partial charge on any atom is 0.138 e. The van der Waals surface area contributed by atoms with Gasteiger partial charge >= 0.3 is 0 Å². The highest BCUT2D eigenvalue weighted by Crippen LogP contribution is 2.26. The van der Waals surface area contributed by atoms with E-state index in [0.717, 1.165) is 36.6 Å². The van der Waals surface area contributed by atoms with E-state index in [1.54, 1.807) is 6.07 Å². The highest BCUT2D eigenvalue weighted by molar-refractivity contribution is 5.51. The lowest BCUT2D eigenvalue weighted by Gasteiger charge is -2.29. The lowest BCUT2D eigenvalue weighted by molar-refractivity contribution is 0.239. The largest absolute Gasteiger partial charge is 0.506 e. The zero-order valence-electron chi connectivity index (χ0n) is 11.6. The van der Waals surface area contributed by atoms with E-state index in [4.69, 9.17) is 5.73 Å². The molecule has 3 N–H and O–H groups in total. The molecule has 1 aromatic carbocycles. The predicted octanol–water partition coefficient (Wildman–Crippen LogP) is 2.24. The summed E-state index contributed by atoms with van der Waals surface area (Å²) < 4.78 is 0. The molecule has 0 fully saturated rings. The van der Waals surface area contributed by atoms with Gasteiger partial charge in [0.25, 0.3) is 0 Å². The molecule has 0 saturated heterocycles. The van der Waals surface area contributed by atoms with E-state index in [9.17, 15) is 5.11 Å². The zero-order valence-corrected chi connectivity index (χ0v) is 11.6. The van der Waals surface area contributed by atoms with Crippen molar-refractivity contribution >= 4 is 5.69 Å². The van der Waals surface area contributed by atoms with Gasteiger partial charge in [-0.15, -0.1) is 0 Å². The average molecular weight is 269 g/mol. The lowest BCUT2D eigenvalue weighted by Crippen LogP contribution is -2.30. The number of nitrogen functional groups attached to an aromatic ring is 1. The number of anilines is 1. The minimum atomic E-state index is 0.272. The van der Waals surface area contributed by atoms with Crippen molar-refractivity contribution in [2.75, 3.05) is 12.3 Å². The van der Waals surface area contributed by atoms with E-state index in [1.165, 1.54) is 11.1 Å². The minimum absolute atomic E-state index is 0.272. The Morgan fingerprint density at radius 1 is 1.30 bits per heavy atom. The fraction of sp³-hybridized carbons (Fsp3) is 0.312. The normalized spacial score (nSPS) is 15.1. The van der Waals surface area contributed by atoms with Crippen molar-refractivity contribution in [3.05, 3.63) is 52.8 Å². The van der Waals surface area contributed by atoms with Crippen LogP contribution in [0, 0.1) is 6.92 Å². The summed E-state index contributed by atoms with van der Waals surface area (Å²) in [5.74, 6) is 0.272. The van der Waals surface area contributed by atoms with Gasteiger partial charge in [0, 0.05) is 31.0 Å². The summed E-state index contributed by atoms with van der Waals surface area (Å²) in [7, 11) is 0. The summed E-state index contributed by atoms with van der Waals surface area (Å²) in [5, 5.41) is 9.90. The van der Waals surface area contributed by atoms with Gasteiger partial charge in [0.1, 0.15) is 5.75 Å². The van der Waals surface area contributed by atoms with Crippen LogP contribution in [0.15, 0.2) is 30.3 Å². The molecule has 0 spiro atoms. The van der Waals surface area contributed by atoms with Gasteiger partial charge in [-0.25, -0.2) is 0 Å². The molecule has 0 saturated carbocycles. The zero-order chi connectivity index (χ0) is 14.1. The van der Waals surface area contributed by atoms with Crippen LogP contribution in [-0.2, 0) is 19.5 Å². The number of nitrogens with zero attached hydrogens (tertiary/aromatic N) is 2. The Balaban J connectivity index is 1.79. The molecule has 0 bridgehead atoms. The highest BCUT2D eigenvalue weighted by Gasteiger charge is 2.19. The van der Waals surface area contributed by atoms with Crippen LogP contribution in [0.4, 0.5) is 5.69 Å². The molecule has 2 aromatic rings. The monoisotopic (exact) mass is 269 g/mol. The summed E-state index contributed by atoms with van der Waals surface area (Å²) in [6, 6.07) is 9.63. The van der Waals surface area contributed by atoms with Gasteiger partial charge in [0.05, 0.1) is 5.69 Å². The molecule has 4 heteroatoms. The quantitative estimate of drug-likeness (QED) is 0.821. The fourth-order valence-electron chi connectivity index (χ4n) is 2.76. The van der Waals surface area contributed by atoms with E-state index < -0.39 is 0 Å². The van der Waals surface area contributed by atoms with Crippen molar-refractivity contribution in [3.8, 4) is 5.75 Å². The van der Waals surface area contributed by atoms with Crippen molar-refractivity contribution in [2.24, 2.45) is 0 Å². The van der Waals surface area contributed by atoms with Crippen molar-refractivity contribution < 1.29 is 5.11 Å². The molecule has 104 valence electrons. The number of aryl methyl sites for hydroxylation is 1. The molecule has 0 radical (unpaired) electrons.